The molecule has 5 nitrogen and oxygen atoms in total. The van der Waals surface area contributed by atoms with Crippen molar-refractivity contribution in [3.05, 3.63) is 35.9 Å². The Morgan fingerprint density at radius 2 is 2.05 bits per heavy atom. The normalized spacial score (nSPS) is 21.5. The third kappa shape index (κ3) is 3.47. The van der Waals surface area contributed by atoms with Gasteiger partial charge in [-0.25, -0.2) is 0 Å². The van der Waals surface area contributed by atoms with Gasteiger partial charge < -0.3 is 15.5 Å². The molecule has 0 aliphatic carbocycles. The van der Waals surface area contributed by atoms with Crippen molar-refractivity contribution in [2.75, 3.05) is 33.7 Å². The Balaban J connectivity index is 2.15. The van der Waals surface area contributed by atoms with Gasteiger partial charge in [0.05, 0.1) is 0 Å². The minimum absolute atomic E-state index is 0.185. The van der Waals surface area contributed by atoms with Gasteiger partial charge in [-0.2, -0.15) is 0 Å². The lowest BCUT2D eigenvalue weighted by molar-refractivity contribution is -0.139. The minimum atomic E-state index is -1.09. The molecule has 1 aliphatic heterocycles. The van der Waals surface area contributed by atoms with Crippen LogP contribution < -0.4 is 10.6 Å². The number of piperidine rings is 1. The van der Waals surface area contributed by atoms with E-state index in [1.807, 2.05) is 44.4 Å². The third-order valence-corrected chi connectivity index (χ3v) is 4.12. The van der Waals surface area contributed by atoms with Gasteiger partial charge in [0.25, 0.3) is 0 Å². The summed E-state index contributed by atoms with van der Waals surface area (Å²) in [7, 11) is 4.00. The van der Waals surface area contributed by atoms with E-state index in [1.54, 1.807) is 0 Å². The van der Waals surface area contributed by atoms with Crippen molar-refractivity contribution in [1.29, 1.82) is 0 Å². The molecule has 5 heteroatoms. The molecule has 0 spiro atoms. The molecule has 1 atom stereocenters. The van der Waals surface area contributed by atoms with Crippen LogP contribution in [0.25, 0.3) is 0 Å². The molecule has 22 heavy (non-hydrogen) atoms. The summed E-state index contributed by atoms with van der Waals surface area (Å²) in [6, 6.07) is 9.37. The molecule has 0 unspecified atom stereocenters. The summed E-state index contributed by atoms with van der Waals surface area (Å²) in [5, 5.41) is 5.80. The molecular weight excluding hydrogens is 278 g/mol. The quantitative estimate of drug-likeness (QED) is 0.606. The first-order valence-electron chi connectivity index (χ1n) is 7.84. The molecule has 1 saturated heterocycles. The average Bonchev–Trinajstić information content (AvgIpc) is 2.52. The summed E-state index contributed by atoms with van der Waals surface area (Å²) in [6.07, 6.45) is 2.24. The Morgan fingerprint density at radius 1 is 1.32 bits per heavy atom. The highest BCUT2D eigenvalue weighted by atomic mass is 16.2. The van der Waals surface area contributed by atoms with Crippen LogP contribution >= 0.6 is 0 Å². The van der Waals surface area contributed by atoms with Crippen molar-refractivity contribution in [3.63, 3.8) is 0 Å². The van der Waals surface area contributed by atoms with Gasteiger partial charge in [-0.1, -0.05) is 30.3 Å². The van der Waals surface area contributed by atoms with Crippen molar-refractivity contribution >= 4 is 11.8 Å². The molecule has 0 bridgehead atoms. The van der Waals surface area contributed by atoms with Gasteiger partial charge in [-0.15, -0.1) is 0 Å². The zero-order valence-electron chi connectivity index (χ0n) is 13.4. The number of benzene rings is 1. The van der Waals surface area contributed by atoms with E-state index in [1.165, 1.54) is 0 Å². The second-order valence-electron chi connectivity index (χ2n) is 6.04. The first-order valence-corrected chi connectivity index (χ1v) is 7.84. The van der Waals surface area contributed by atoms with E-state index in [-0.39, 0.29) is 11.8 Å². The lowest BCUT2D eigenvalue weighted by atomic mass is 9.73. The second kappa shape index (κ2) is 7.40. The van der Waals surface area contributed by atoms with Gasteiger partial charge in [0.1, 0.15) is 0 Å². The van der Waals surface area contributed by atoms with Gasteiger partial charge in [-0.3, -0.25) is 9.59 Å². The number of rotatable bonds is 6. The number of amides is 2. The minimum Gasteiger partial charge on any atom is -0.355 e. The number of hydrogen-bond acceptors (Lipinski definition) is 3. The van der Waals surface area contributed by atoms with Crippen molar-refractivity contribution in [2.24, 2.45) is 0 Å². The summed E-state index contributed by atoms with van der Waals surface area (Å²) >= 11 is 0. The van der Waals surface area contributed by atoms with Gasteiger partial charge >= 0.3 is 0 Å². The summed E-state index contributed by atoms with van der Waals surface area (Å²) < 4.78 is 0. The molecule has 2 amide bonds. The van der Waals surface area contributed by atoms with Crippen LogP contribution in [0.4, 0.5) is 0 Å². The molecule has 2 rings (SSSR count). The number of carbonyl (C=O) groups is 2. The van der Waals surface area contributed by atoms with Crippen molar-refractivity contribution in [3.8, 4) is 0 Å². The standard InChI is InChI=1S/C17H25N3O2/c1-20(2)13-7-12-19-16(22)17(10-6-11-18-15(17)21)14-8-4-3-5-9-14/h3-5,8-9H,6-7,10-13H2,1-2H3,(H,18,21)(H,19,22)/t17-/m1/s1. The molecule has 1 aromatic carbocycles. The van der Waals surface area contributed by atoms with E-state index in [0.717, 1.165) is 24.9 Å². The number of nitrogens with one attached hydrogen (secondary N) is 2. The molecule has 1 heterocycles. The van der Waals surface area contributed by atoms with Crippen LogP contribution in [0, 0.1) is 0 Å². The van der Waals surface area contributed by atoms with Crippen molar-refractivity contribution in [2.45, 2.75) is 24.7 Å². The maximum atomic E-state index is 12.8. The summed E-state index contributed by atoms with van der Waals surface area (Å²) in [6.45, 7) is 2.13. The smallest absolute Gasteiger partial charge is 0.240 e. The van der Waals surface area contributed by atoms with E-state index in [2.05, 4.69) is 15.5 Å². The van der Waals surface area contributed by atoms with E-state index in [4.69, 9.17) is 0 Å². The van der Waals surface area contributed by atoms with E-state index >= 15 is 0 Å². The maximum absolute atomic E-state index is 12.8. The lowest BCUT2D eigenvalue weighted by Gasteiger charge is -2.35. The summed E-state index contributed by atoms with van der Waals surface area (Å²) in [5.74, 6) is -0.371. The zero-order valence-corrected chi connectivity index (χ0v) is 13.4. The van der Waals surface area contributed by atoms with Gasteiger partial charge in [0.2, 0.25) is 11.8 Å². The first kappa shape index (κ1) is 16.5. The van der Waals surface area contributed by atoms with Crippen LogP contribution in [-0.2, 0) is 15.0 Å². The van der Waals surface area contributed by atoms with Crippen LogP contribution in [0.2, 0.25) is 0 Å². The van der Waals surface area contributed by atoms with Crippen LogP contribution in [-0.4, -0.2) is 50.4 Å². The van der Waals surface area contributed by atoms with E-state index in [9.17, 15) is 9.59 Å². The SMILES string of the molecule is CN(C)CCCNC(=O)[C@@]1(c2ccccc2)CCCNC1=O. The molecular formula is C17H25N3O2. The maximum Gasteiger partial charge on any atom is 0.240 e. The Kier molecular flexibility index (Phi) is 5.55. The van der Waals surface area contributed by atoms with Gasteiger partial charge in [0, 0.05) is 13.1 Å². The zero-order chi connectivity index (χ0) is 16.0. The lowest BCUT2D eigenvalue weighted by Crippen LogP contribution is -2.57. The van der Waals surface area contributed by atoms with Crippen molar-refractivity contribution in [1.82, 2.24) is 15.5 Å². The van der Waals surface area contributed by atoms with Gasteiger partial charge in [0.15, 0.2) is 5.41 Å². The topological polar surface area (TPSA) is 61.4 Å². The van der Waals surface area contributed by atoms with E-state index < -0.39 is 5.41 Å². The average molecular weight is 303 g/mol. The fourth-order valence-corrected chi connectivity index (χ4v) is 2.91. The van der Waals surface area contributed by atoms with Crippen LogP contribution in [0.1, 0.15) is 24.8 Å². The fraction of sp³-hybridized carbons (Fsp3) is 0.529. The van der Waals surface area contributed by atoms with Crippen molar-refractivity contribution < 1.29 is 9.59 Å². The monoisotopic (exact) mass is 303 g/mol. The number of carbonyl (C=O) groups excluding carboxylic acids is 2. The highest BCUT2D eigenvalue weighted by molar-refractivity contribution is 6.11. The fourth-order valence-electron chi connectivity index (χ4n) is 2.91. The Labute approximate surface area is 132 Å². The number of nitrogens with zero attached hydrogens (tertiary/aromatic N) is 1. The van der Waals surface area contributed by atoms with E-state index in [0.29, 0.717) is 19.5 Å². The molecule has 1 aromatic rings. The molecule has 0 radical (unpaired) electrons. The highest BCUT2D eigenvalue weighted by Crippen LogP contribution is 2.32. The van der Waals surface area contributed by atoms with Gasteiger partial charge in [-0.05, 0) is 45.5 Å². The second-order valence-corrected chi connectivity index (χ2v) is 6.04. The molecule has 1 fully saturated rings. The Morgan fingerprint density at radius 3 is 2.68 bits per heavy atom. The van der Waals surface area contributed by atoms with Crippen LogP contribution in [0.15, 0.2) is 30.3 Å². The third-order valence-electron chi connectivity index (χ3n) is 4.12. The predicted octanol–water partition coefficient (Wildman–Crippen LogP) is 0.902. The Bertz CT molecular complexity index is 516. The summed E-state index contributed by atoms with van der Waals surface area (Å²) in [5.41, 5.74) is -0.310. The molecule has 0 aromatic heterocycles. The highest BCUT2D eigenvalue weighted by Gasteiger charge is 2.48. The predicted molar refractivity (Wildman–Crippen MR) is 86.5 cm³/mol. The van der Waals surface area contributed by atoms with Crippen LogP contribution in [0.3, 0.4) is 0 Å². The molecule has 0 saturated carbocycles. The number of hydrogen-bond donors (Lipinski definition) is 2. The molecule has 2 N–H and O–H groups in total. The molecule has 120 valence electrons. The first-order chi connectivity index (χ1) is 10.6. The summed E-state index contributed by atoms with van der Waals surface area (Å²) in [4.78, 5) is 27.4. The Hall–Kier alpha value is -1.88. The largest absolute Gasteiger partial charge is 0.355 e. The van der Waals surface area contributed by atoms with Crippen LogP contribution in [0.5, 0.6) is 0 Å². The molecule has 1 aliphatic rings.